The normalized spacial score (nSPS) is 10.1. The van der Waals surface area contributed by atoms with Crippen molar-refractivity contribution in [3.05, 3.63) is 28.0 Å². The molecule has 0 aromatic heterocycles. The fourth-order valence-corrected chi connectivity index (χ4v) is 1.73. The van der Waals surface area contributed by atoms with Gasteiger partial charge in [-0.2, -0.15) is 0 Å². The maximum absolute atomic E-state index is 13.5. The maximum Gasteiger partial charge on any atom is 0.379 e. The Morgan fingerprint density at radius 3 is 2.56 bits per heavy atom. The van der Waals surface area contributed by atoms with E-state index in [9.17, 15) is 14.0 Å². The van der Waals surface area contributed by atoms with Crippen LogP contribution in [-0.4, -0.2) is 25.5 Å². The number of ketones is 1. The molecule has 0 aliphatic carbocycles. The highest BCUT2D eigenvalue weighted by Crippen LogP contribution is 2.33. The summed E-state index contributed by atoms with van der Waals surface area (Å²) >= 11 is 5.76. The van der Waals surface area contributed by atoms with Gasteiger partial charge in [0.05, 0.1) is 24.3 Å². The quantitative estimate of drug-likeness (QED) is 0.481. The Balaban J connectivity index is 3.38. The van der Waals surface area contributed by atoms with Gasteiger partial charge >= 0.3 is 5.97 Å². The van der Waals surface area contributed by atoms with E-state index in [0.29, 0.717) is 0 Å². The zero-order chi connectivity index (χ0) is 13.9. The minimum absolute atomic E-state index is 0.00527. The number of ether oxygens (including phenoxy) is 2. The minimum Gasteiger partial charge on any atom is -0.494 e. The van der Waals surface area contributed by atoms with E-state index in [1.54, 1.807) is 6.92 Å². The van der Waals surface area contributed by atoms with Crippen LogP contribution in [-0.2, 0) is 9.53 Å². The van der Waals surface area contributed by atoms with E-state index in [-0.39, 0.29) is 28.5 Å². The minimum atomic E-state index is -1.07. The Morgan fingerprint density at radius 2 is 2.06 bits per heavy atom. The molecule has 1 rings (SSSR count). The monoisotopic (exact) mass is 274 g/mol. The second kappa shape index (κ2) is 5.82. The molecular weight excluding hydrogens is 263 g/mol. The number of hydrogen-bond acceptors (Lipinski definition) is 4. The average molecular weight is 275 g/mol. The Bertz CT molecular complexity index is 499. The lowest BCUT2D eigenvalue weighted by molar-refractivity contribution is -0.137. The van der Waals surface area contributed by atoms with Crippen molar-refractivity contribution in [2.45, 2.75) is 13.8 Å². The Hall–Kier alpha value is -1.62. The molecule has 1 aromatic rings. The van der Waals surface area contributed by atoms with Crippen molar-refractivity contribution < 1.29 is 23.5 Å². The van der Waals surface area contributed by atoms with Crippen LogP contribution < -0.4 is 4.74 Å². The number of halogens is 2. The van der Waals surface area contributed by atoms with Gasteiger partial charge in [0, 0.05) is 0 Å². The molecule has 18 heavy (non-hydrogen) atoms. The van der Waals surface area contributed by atoms with Gasteiger partial charge in [0.2, 0.25) is 0 Å². The smallest absolute Gasteiger partial charge is 0.379 e. The maximum atomic E-state index is 13.5. The molecule has 0 saturated carbocycles. The summed E-state index contributed by atoms with van der Waals surface area (Å²) in [4.78, 5) is 23.3. The number of carbonyl (C=O) groups is 2. The van der Waals surface area contributed by atoms with Gasteiger partial charge in [-0.1, -0.05) is 11.6 Å². The third kappa shape index (κ3) is 2.61. The van der Waals surface area contributed by atoms with Crippen LogP contribution in [0.5, 0.6) is 5.75 Å². The summed E-state index contributed by atoms with van der Waals surface area (Å²) in [6, 6.07) is 1.03. The molecule has 1 aromatic carbocycles. The highest BCUT2D eigenvalue weighted by Gasteiger charge is 2.27. The topological polar surface area (TPSA) is 52.6 Å². The van der Waals surface area contributed by atoms with Crippen molar-refractivity contribution in [2.24, 2.45) is 0 Å². The van der Waals surface area contributed by atoms with Gasteiger partial charge in [-0.15, -0.1) is 0 Å². The fourth-order valence-electron chi connectivity index (χ4n) is 1.47. The zero-order valence-corrected chi connectivity index (χ0v) is 10.9. The standard InChI is InChI=1S/C12H12ClFO4/c1-4-18-12(16)10(15)9-6(2)8(14)5-7(13)11(9)17-3/h5H,4H2,1-3H3. The predicted molar refractivity (Wildman–Crippen MR) is 63.7 cm³/mol. The summed E-state index contributed by atoms with van der Waals surface area (Å²) in [6.45, 7) is 2.98. The van der Waals surface area contributed by atoms with E-state index in [1.165, 1.54) is 14.0 Å². The molecule has 98 valence electrons. The summed E-state index contributed by atoms with van der Waals surface area (Å²) < 4.78 is 23.0. The number of esters is 1. The number of methoxy groups -OCH3 is 1. The second-order valence-corrected chi connectivity index (χ2v) is 3.83. The first kappa shape index (κ1) is 14.4. The first-order chi connectivity index (χ1) is 8.43. The van der Waals surface area contributed by atoms with Gasteiger partial charge in [0.15, 0.2) is 0 Å². The number of hydrogen-bond donors (Lipinski definition) is 0. The van der Waals surface area contributed by atoms with E-state index in [2.05, 4.69) is 4.74 Å². The SMILES string of the molecule is CCOC(=O)C(=O)c1c(C)c(F)cc(Cl)c1OC. The van der Waals surface area contributed by atoms with Gasteiger partial charge in [-0.25, -0.2) is 9.18 Å². The van der Waals surface area contributed by atoms with Crippen molar-refractivity contribution in [2.75, 3.05) is 13.7 Å². The second-order valence-electron chi connectivity index (χ2n) is 3.42. The fraction of sp³-hybridized carbons (Fsp3) is 0.333. The molecule has 0 saturated heterocycles. The summed E-state index contributed by atoms with van der Waals surface area (Å²) in [5.74, 6) is -2.77. The highest BCUT2D eigenvalue weighted by molar-refractivity contribution is 6.43. The molecule has 0 atom stereocenters. The number of rotatable bonds is 4. The van der Waals surface area contributed by atoms with E-state index >= 15 is 0 Å². The van der Waals surface area contributed by atoms with Crippen LogP contribution in [0.1, 0.15) is 22.8 Å². The van der Waals surface area contributed by atoms with Gasteiger partial charge in [-0.3, -0.25) is 4.79 Å². The Morgan fingerprint density at radius 1 is 1.44 bits per heavy atom. The molecule has 0 aliphatic heterocycles. The lowest BCUT2D eigenvalue weighted by Crippen LogP contribution is -2.20. The molecule has 0 aliphatic rings. The van der Waals surface area contributed by atoms with Crippen LogP contribution in [0.3, 0.4) is 0 Å². The molecule has 0 unspecified atom stereocenters. The van der Waals surface area contributed by atoms with Gasteiger partial charge in [-0.05, 0) is 25.5 Å². The summed E-state index contributed by atoms with van der Waals surface area (Å²) in [6.07, 6.45) is 0. The van der Waals surface area contributed by atoms with Crippen molar-refractivity contribution in [1.82, 2.24) is 0 Å². The van der Waals surface area contributed by atoms with E-state index in [0.717, 1.165) is 6.07 Å². The van der Waals surface area contributed by atoms with E-state index < -0.39 is 17.6 Å². The molecule has 0 spiro atoms. The number of Topliss-reactive ketones (excluding diaryl/α,β-unsaturated/α-hetero) is 1. The lowest BCUT2D eigenvalue weighted by Gasteiger charge is -2.12. The van der Waals surface area contributed by atoms with Crippen LogP contribution in [0.15, 0.2) is 6.07 Å². The van der Waals surface area contributed by atoms with Crippen LogP contribution in [0, 0.1) is 12.7 Å². The molecule has 0 N–H and O–H groups in total. The third-order valence-electron chi connectivity index (χ3n) is 2.32. The van der Waals surface area contributed by atoms with Crippen molar-refractivity contribution in [3.8, 4) is 5.75 Å². The van der Waals surface area contributed by atoms with Gasteiger partial charge in [0.1, 0.15) is 11.6 Å². The lowest BCUT2D eigenvalue weighted by atomic mass is 10.0. The molecular formula is C12H12ClFO4. The number of carbonyl (C=O) groups excluding carboxylic acids is 2. The zero-order valence-electron chi connectivity index (χ0n) is 10.2. The van der Waals surface area contributed by atoms with Gasteiger partial charge < -0.3 is 9.47 Å². The average Bonchev–Trinajstić information content (AvgIpc) is 2.32. The van der Waals surface area contributed by atoms with Crippen LogP contribution >= 0.6 is 11.6 Å². The van der Waals surface area contributed by atoms with Gasteiger partial charge in [0.25, 0.3) is 5.78 Å². The largest absolute Gasteiger partial charge is 0.494 e. The summed E-state index contributed by atoms with van der Waals surface area (Å²) in [7, 11) is 1.28. The highest BCUT2D eigenvalue weighted by atomic mass is 35.5. The molecule has 0 bridgehead atoms. The molecule has 6 heteroatoms. The first-order valence-corrected chi connectivity index (χ1v) is 5.55. The molecule has 0 fully saturated rings. The number of benzene rings is 1. The Kier molecular flexibility index (Phi) is 4.67. The van der Waals surface area contributed by atoms with Crippen LogP contribution in [0.4, 0.5) is 4.39 Å². The van der Waals surface area contributed by atoms with E-state index in [1.807, 2.05) is 0 Å². The summed E-state index contributed by atoms with van der Waals surface area (Å²) in [5.41, 5.74) is -0.213. The van der Waals surface area contributed by atoms with Crippen molar-refractivity contribution >= 4 is 23.4 Å². The van der Waals surface area contributed by atoms with Crippen molar-refractivity contribution in [1.29, 1.82) is 0 Å². The molecule has 0 heterocycles. The molecule has 0 radical (unpaired) electrons. The molecule has 4 nitrogen and oxygen atoms in total. The summed E-state index contributed by atoms with van der Waals surface area (Å²) in [5, 5.41) is -0.0757. The first-order valence-electron chi connectivity index (χ1n) is 5.18. The Labute approximate surface area is 109 Å². The van der Waals surface area contributed by atoms with Crippen molar-refractivity contribution in [3.63, 3.8) is 0 Å². The van der Waals surface area contributed by atoms with Crippen LogP contribution in [0.2, 0.25) is 5.02 Å². The molecule has 0 amide bonds. The van der Waals surface area contributed by atoms with Crippen LogP contribution in [0.25, 0.3) is 0 Å². The third-order valence-corrected chi connectivity index (χ3v) is 2.60. The predicted octanol–water partition coefficient (Wildman–Crippen LogP) is 2.54. The van der Waals surface area contributed by atoms with E-state index in [4.69, 9.17) is 16.3 Å².